The van der Waals surface area contributed by atoms with Gasteiger partial charge in [-0.05, 0) is 29.8 Å². The second-order valence-corrected chi connectivity index (χ2v) is 4.62. The number of pyridine rings is 1. The Morgan fingerprint density at radius 1 is 1.39 bits per heavy atom. The summed E-state index contributed by atoms with van der Waals surface area (Å²) in [7, 11) is 1.45. The van der Waals surface area contributed by atoms with Crippen molar-refractivity contribution in [3.05, 3.63) is 47.9 Å². The van der Waals surface area contributed by atoms with Crippen LogP contribution in [-0.4, -0.2) is 12.1 Å². The molecule has 0 unspecified atom stereocenters. The van der Waals surface area contributed by atoms with Gasteiger partial charge >= 0.3 is 0 Å². The third-order valence-corrected chi connectivity index (χ3v) is 3.48. The lowest BCUT2D eigenvalue weighted by atomic mass is 10.2. The minimum Gasteiger partial charge on any atom is -0.494 e. The van der Waals surface area contributed by atoms with Gasteiger partial charge in [-0.2, -0.15) is 0 Å². The van der Waals surface area contributed by atoms with Crippen molar-refractivity contribution >= 4 is 17.4 Å². The van der Waals surface area contributed by atoms with Crippen molar-refractivity contribution in [1.82, 2.24) is 4.98 Å². The van der Waals surface area contributed by atoms with Crippen molar-refractivity contribution in [2.75, 3.05) is 12.8 Å². The van der Waals surface area contributed by atoms with E-state index in [1.165, 1.54) is 24.9 Å². The monoisotopic (exact) mass is 264 g/mol. The van der Waals surface area contributed by atoms with Gasteiger partial charge in [0.25, 0.3) is 0 Å². The number of thioether (sulfide) groups is 1. The number of benzene rings is 1. The summed E-state index contributed by atoms with van der Waals surface area (Å²) >= 11 is 1.48. The molecule has 0 fully saturated rings. The number of nitrogen functional groups attached to an aromatic ring is 1. The SMILES string of the molecule is COc1ccc(CSc2ncccc2N)cc1F. The Labute approximate surface area is 109 Å². The number of ether oxygens (including phenoxy) is 1. The zero-order chi connectivity index (χ0) is 13.0. The van der Waals surface area contributed by atoms with Crippen LogP contribution in [-0.2, 0) is 5.75 Å². The number of nitrogens with zero attached hydrogens (tertiary/aromatic N) is 1. The predicted octanol–water partition coefficient (Wildman–Crippen LogP) is 3.10. The first-order valence-electron chi connectivity index (χ1n) is 5.36. The molecule has 2 N–H and O–H groups in total. The summed E-state index contributed by atoms with van der Waals surface area (Å²) < 4.78 is 18.3. The number of aromatic nitrogens is 1. The van der Waals surface area contributed by atoms with Crippen molar-refractivity contribution in [1.29, 1.82) is 0 Å². The van der Waals surface area contributed by atoms with Gasteiger partial charge in [-0.25, -0.2) is 9.37 Å². The second-order valence-electron chi connectivity index (χ2n) is 3.66. The molecule has 0 aliphatic carbocycles. The van der Waals surface area contributed by atoms with Gasteiger partial charge in [-0.15, -0.1) is 0 Å². The van der Waals surface area contributed by atoms with Crippen molar-refractivity contribution in [3.63, 3.8) is 0 Å². The predicted molar refractivity (Wildman–Crippen MR) is 71.2 cm³/mol. The van der Waals surface area contributed by atoms with Crippen LogP contribution in [0.4, 0.5) is 10.1 Å². The summed E-state index contributed by atoms with van der Waals surface area (Å²) in [5.74, 6) is 0.507. The minimum atomic E-state index is -0.357. The van der Waals surface area contributed by atoms with Crippen LogP contribution in [0.15, 0.2) is 41.6 Å². The Morgan fingerprint density at radius 2 is 2.22 bits per heavy atom. The van der Waals surface area contributed by atoms with Gasteiger partial charge in [-0.1, -0.05) is 17.8 Å². The third kappa shape index (κ3) is 2.92. The van der Waals surface area contributed by atoms with Gasteiger partial charge < -0.3 is 10.5 Å². The second kappa shape index (κ2) is 5.73. The summed E-state index contributed by atoms with van der Waals surface area (Å²) in [5, 5.41) is 0.758. The maximum absolute atomic E-state index is 13.5. The Kier molecular flexibility index (Phi) is 4.04. The molecule has 3 nitrogen and oxygen atoms in total. The van der Waals surface area contributed by atoms with Gasteiger partial charge in [0, 0.05) is 11.9 Å². The number of rotatable bonds is 4. The van der Waals surface area contributed by atoms with Crippen LogP contribution in [0.3, 0.4) is 0 Å². The lowest BCUT2D eigenvalue weighted by Gasteiger charge is -2.06. The highest BCUT2D eigenvalue weighted by Gasteiger charge is 2.05. The van der Waals surface area contributed by atoms with Gasteiger partial charge in [0.05, 0.1) is 12.8 Å². The van der Waals surface area contributed by atoms with Crippen LogP contribution in [0.1, 0.15) is 5.56 Å². The molecule has 0 spiro atoms. The van der Waals surface area contributed by atoms with Crippen molar-refractivity contribution in [3.8, 4) is 5.75 Å². The molecule has 0 saturated heterocycles. The molecule has 18 heavy (non-hydrogen) atoms. The van der Waals surface area contributed by atoms with E-state index < -0.39 is 0 Å². The minimum absolute atomic E-state index is 0.251. The van der Waals surface area contributed by atoms with E-state index in [-0.39, 0.29) is 11.6 Å². The highest BCUT2D eigenvalue weighted by Crippen LogP contribution is 2.27. The smallest absolute Gasteiger partial charge is 0.165 e. The van der Waals surface area contributed by atoms with Gasteiger partial charge in [0.15, 0.2) is 11.6 Å². The Morgan fingerprint density at radius 3 is 2.89 bits per heavy atom. The first-order chi connectivity index (χ1) is 8.70. The van der Waals surface area contributed by atoms with Gasteiger partial charge in [-0.3, -0.25) is 0 Å². The van der Waals surface area contributed by atoms with Crippen LogP contribution in [0.5, 0.6) is 5.75 Å². The number of hydrogen-bond donors (Lipinski definition) is 1. The molecule has 94 valence electrons. The maximum atomic E-state index is 13.5. The fourth-order valence-electron chi connectivity index (χ4n) is 1.48. The van der Waals surface area contributed by atoms with Gasteiger partial charge in [0.1, 0.15) is 5.03 Å². The maximum Gasteiger partial charge on any atom is 0.165 e. The normalized spacial score (nSPS) is 10.3. The van der Waals surface area contributed by atoms with Crippen molar-refractivity contribution in [2.24, 2.45) is 0 Å². The van der Waals surface area contributed by atoms with E-state index in [9.17, 15) is 4.39 Å². The molecule has 0 atom stereocenters. The summed E-state index contributed by atoms with van der Waals surface area (Å²) in [6, 6.07) is 8.49. The molecular weight excluding hydrogens is 251 g/mol. The standard InChI is InChI=1S/C13H13FN2OS/c1-17-12-5-4-9(7-10(12)14)8-18-13-11(15)3-2-6-16-13/h2-7H,8,15H2,1H3. The Hall–Kier alpha value is -1.75. The molecule has 1 aromatic heterocycles. The van der Waals surface area contributed by atoms with Crippen LogP contribution >= 0.6 is 11.8 Å². The molecule has 1 heterocycles. The van der Waals surface area contributed by atoms with Crippen molar-refractivity contribution in [2.45, 2.75) is 10.8 Å². The summed E-state index contributed by atoms with van der Waals surface area (Å²) in [5.41, 5.74) is 7.28. The average Bonchev–Trinajstić information content (AvgIpc) is 2.38. The molecule has 0 bridgehead atoms. The molecule has 1 aromatic carbocycles. The number of hydrogen-bond acceptors (Lipinski definition) is 4. The lowest BCUT2D eigenvalue weighted by molar-refractivity contribution is 0.386. The fourth-order valence-corrected chi connectivity index (χ4v) is 2.33. The zero-order valence-corrected chi connectivity index (χ0v) is 10.7. The van der Waals surface area contributed by atoms with Crippen LogP contribution in [0, 0.1) is 5.82 Å². The van der Waals surface area contributed by atoms with Crippen LogP contribution in [0.25, 0.3) is 0 Å². The average molecular weight is 264 g/mol. The van der Waals surface area contributed by atoms with Crippen LogP contribution in [0.2, 0.25) is 0 Å². The highest BCUT2D eigenvalue weighted by atomic mass is 32.2. The van der Waals surface area contributed by atoms with E-state index >= 15 is 0 Å². The first kappa shape index (κ1) is 12.7. The topological polar surface area (TPSA) is 48.1 Å². The molecule has 0 aliphatic rings. The molecule has 0 saturated carbocycles. The van der Waals surface area contributed by atoms with E-state index in [1.54, 1.807) is 24.4 Å². The van der Waals surface area contributed by atoms with Crippen molar-refractivity contribution < 1.29 is 9.13 Å². The number of halogens is 1. The van der Waals surface area contributed by atoms with Crippen LogP contribution < -0.4 is 10.5 Å². The largest absolute Gasteiger partial charge is 0.494 e. The van der Waals surface area contributed by atoms with E-state index in [4.69, 9.17) is 10.5 Å². The third-order valence-electron chi connectivity index (χ3n) is 2.39. The van der Waals surface area contributed by atoms with E-state index in [0.717, 1.165) is 10.6 Å². The highest BCUT2D eigenvalue weighted by molar-refractivity contribution is 7.98. The lowest BCUT2D eigenvalue weighted by Crippen LogP contribution is -1.92. The molecule has 0 amide bonds. The Balaban J connectivity index is 2.07. The van der Waals surface area contributed by atoms with E-state index in [2.05, 4.69) is 4.98 Å². The van der Waals surface area contributed by atoms with Gasteiger partial charge in [0.2, 0.25) is 0 Å². The number of anilines is 1. The Bertz CT molecular complexity index is 548. The number of methoxy groups -OCH3 is 1. The summed E-state index contributed by atoms with van der Waals surface area (Å²) in [6.45, 7) is 0. The molecule has 5 heteroatoms. The van der Waals surface area contributed by atoms with E-state index in [0.29, 0.717) is 11.4 Å². The first-order valence-corrected chi connectivity index (χ1v) is 6.35. The molecule has 0 aliphatic heterocycles. The zero-order valence-electron chi connectivity index (χ0n) is 9.89. The fraction of sp³-hybridized carbons (Fsp3) is 0.154. The molecule has 0 radical (unpaired) electrons. The molecule has 2 aromatic rings. The van der Waals surface area contributed by atoms with E-state index in [1.807, 2.05) is 6.07 Å². The number of nitrogens with two attached hydrogens (primary N) is 1. The summed E-state index contributed by atoms with van der Waals surface area (Å²) in [6.07, 6.45) is 1.69. The molecule has 2 rings (SSSR count). The molecular formula is C13H13FN2OS. The summed E-state index contributed by atoms with van der Waals surface area (Å²) in [4.78, 5) is 4.17. The quantitative estimate of drug-likeness (QED) is 0.862.